The molecule has 8 aromatic rings. The first-order valence-electron chi connectivity index (χ1n) is 24.8. The van der Waals surface area contributed by atoms with Crippen molar-refractivity contribution in [3.8, 4) is 67.5 Å². The number of hydrogen-bond acceptors (Lipinski definition) is 3. The van der Waals surface area contributed by atoms with Crippen LogP contribution in [-0.2, 0) is 42.7 Å². The average Bonchev–Trinajstić information content (AvgIpc) is 3.67. The minimum absolute atomic E-state index is 0. The topological polar surface area (TPSA) is 50.9 Å². The van der Waals surface area contributed by atoms with E-state index in [4.69, 9.17) is 11.3 Å². The fourth-order valence-corrected chi connectivity index (χ4v) is 8.99. The molecular formula is C64H72N3OPt-. The third kappa shape index (κ3) is 10.1. The Hall–Kier alpha value is -5.57. The molecule has 0 saturated carbocycles. The molecule has 2 heterocycles. The number of aromatic hydroxyl groups is 1. The Bertz CT molecular complexity index is 3200. The number of aromatic nitrogens is 3. The van der Waals surface area contributed by atoms with Crippen molar-refractivity contribution >= 4 is 11.0 Å². The summed E-state index contributed by atoms with van der Waals surface area (Å²) >= 11 is 0. The van der Waals surface area contributed by atoms with Gasteiger partial charge >= 0.3 is 0 Å². The normalized spacial score (nSPS) is 13.1. The summed E-state index contributed by atoms with van der Waals surface area (Å²) < 4.78 is 10.8. The van der Waals surface area contributed by atoms with Crippen LogP contribution in [0.3, 0.4) is 0 Å². The number of fused-ring (bicyclic) bond motifs is 1. The molecule has 0 amide bonds. The number of nitrogens with zero attached hydrogens (tertiary/aromatic N) is 3. The minimum atomic E-state index is -0.676. The van der Waals surface area contributed by atoms with E-state index >= 15 is 0 Å². The molecule has 0 saturated heterocycles. The molecular weight excluding hydrogens is 1020 g/mol. The first-order valence-corrected chi connectivity index (χ1v) is 24.3. The van der Waals surface area contributed by atoms with Crippen molar-refractivity contribution in [1.82, 2.24) is 14.5 Å². The molecule has 0 fully saturated rings. The van der Waals surface area contributed by atoms with Gasteiger partial charge in [0.25, 0.3) is 0 Å². The van der Waals surface area contributed by atoms with Crippen LogP contribution in [0, 0.1) is 11.5 Å². The van der Waals surface area contributed by atoms with E-state index in [-0.39, 0.29) is 53.9 Å². The van der Waals surface area contributed by atoms with Gasteiger partial charge in [-0.1, -0.05) is 207 Å². The number of para-hydroxylation sites is 1. The zero-order valence-corrected chi connectivity index (χ0v) is 46.1. The van der Waals surface area contributed by atoms with E-state index in [2.05, 4.69) is 217 Å². The van der Waals surface area contributed by atoms with E-state index in [0.29, 0.717) is 11.4 Å². The number of rotatable bonds is 8. The summed E-state index contributed by atoms with van der Waals surface area (Å²) in [5, 5.41) is 12.6. The fraction of sp³-hybridized carbons (Fsp3) is 0.344. The Morgan fingerprint density at radius 1 is 0.565 bits per heavy atom. The number of pyridine rings is 1. The van der Waals surface area contributed by atoms with Crippen molar-refractivity contribution < 1.29 is 27.5 Å². The van der Waals surface area contributed by atoms with E-state index in [1.54, 1.807) is 0 Å². The zero-order chi connectivity index (χ0) is 50.2. The first-order chi connectivity index (χ1) is 32.0. The number of phenols is 1. The van der Waals surface area contributed by atoms with Crippen molar-refractivity contribution in [2.75, 3.05) is 0 Å². The zero-order valence-electron chi connectivity index (χ0n) is 44.8. The van der Waals surface area contributed by atoms with E-state index in [1.807, 2.05) is 38.2 Å². The predicted octanol–water partition coefficient (Wildman–Crippen LogP) is 17.6. The van der Waals surface area contributed by atoms with Crippen LogP contribution >= 0.6 is 0 Å². The van der Waals surface area contributed by atoms with Crippen LogP contribution in [0.5, 0.6) is 5.75 Å². The molecule has 0 aliphatic rings. The van der Waals surface area contributed by atoms with Crippen molar-refractivity contribution in [2.45, 2.75) is 138 Å². The van der Waals surface area contributed by atoms with Crippen LogP contribution in [0.15, 0.2) is 134 Å². The number of hydrogen-bond donors (Lipinski definition) is 1. The van der Waals surface area contributed by atoms with Gasteiger partial charge in [0.15, 0.2) is 0 Å². The molecule has 4 nitrogen and oxygen atoms in total. The SMILES string of the molecule is [2H]C(C)(C)c1ccc(-c2ccnc(-c3[c-]c(-c4cccc5c4nc(-c4cc(C(C)(C)C)cc(C(C)(C)C)c4O)n5-c4ccc(C(C)(C)C(C)(C)C)cc4-c4ccccc4)cc(C(C)(C)C)c3)c2)cc1.[Pt]. The van der Waals surface area contributed by atoms with Crippen LogP contribution in [0.1, 0.15) is 146 Å². The van der Waals surface area contributed by atoms with Gasteiger partial charge < -0.3 is 5.11 Å². The van der Waals surface area contributed by atoms with Crippen molar-refractivity contribution in [1.29, 1.82) is 0 Å². The van der Waals surface area contributed by atoms with Gasteiger partial charge in [-0.2, -0.15) is 0 Å². The molecule has 0 aliphatic heterocycles. The fourth-order valence-electron chi connectivity index (χ4n) is 8.99. The van der Waals surface area contributed by atoms with E-state index in [1.165, 1.54) is 5.56 Å². The summed E-state index contributed by atoms with van der Waals surface area (Å²) in [5.41, 5.74) is 15.8. The van der Waals surface area contributed by atoms with Crippen LogP contribution in [-0.4, -0.2) is 19.6 Å². The monoisotopic (exact) mass is 1090 g/mol. The van der Waals surface area contributed by atoms with Gasteiger partial charge in [0.1, 0.15) is 11.6 Å². The van der Waals surface area contributed by atoms with Crippen LogP contribution in [0.2, 0.25) is 0 Å². The van der Waals surface area contributed by atoms with E-state index in [0.717, 1.165) is 83.6 Å². The molecule has 0 spiro atoms. The van der Waals surface area contributed by atoms with Gasteiger partial charge in [-0.05, 0) is 96.7 Å². The third-order valence-corrected chi connectivity index (χ3v) is 14.5. The molecule has 0 unspecified atom stereocenters. The Kier molecular flexibility index (Phi) is 13.5. The second-order valence-electron chi connectivity index (χ2n) is 23.8. The largest absolute Gasteiger partial charge is 0.507 e. The predicted molar refractivity (Wildman–Crippen MR) is 289 cm³/mol. The van der Waals surface area contributed by atoms with Gasteiger partial charge in [0.2, 0.25) is 0 Å². The van der Waals surface area contributed by atoms with E-state index < -0.39 is 5.89 Å². The van der Waals surface area contributed by atoms with Gasteiger partial charge in [0, 0.05) is 45.5 Å². The average molecular weight is 1100 g/mol. The van der Waals surface area contributed by atoms with Gasteiger partial charge in [-0.25, -0.2) is 4.98 Å². The number of imidazole rings is 1. The Morgan fingerprint density at radius 3 is 1.80 bits per heavy atom. The summed E-state index contributed by atoms with van der Waals surface area (Å²) in [7, 11) is 0. The summed E-state index contributed by atoms with van der Waals surface area (Å²) in [6.07, 6.45) is 1.88. The Morgan fingerprint density at radius 2 is 1.19 bits per heavy atom. The molecule has 0 atom stereocenters. The quantitative estimate of drug-likeness (QED) is 0.154. The van der Waals surface area contributed by atoms with Crippen LogP contribution in [0.25, 0.3) is 72.7 Å². The Balaban J connectivity index is 0.00000722. The maximum atomic E-state index is 12.6. The van der Waals surface area contributed by atoms with Gasteiger partial charge in [-0.15, -0.1) is 29.3 Å². The number of phenolic OH excluding ortho intramolecular Hbond substituents is 1. The molecule has 2 aromatic heterocycles. The molecule has 360 valence electrons. The third-order valence-electron chi connectivity index (χ3n) is 14.5. The summed E-state index contributed by atoms with van der Waals surface area (Å²) in [5.74, 6) is 0.241. The molecule has 6 aromatic carbocycles. The standard InChI is InChI=1S/C64H72N3O.Pt/c1-40(2)41-25-27-42(28-26-41)44-31-32-65-54(36-44)46-33-45(34-48(35-46)60(3,4)5)50-23-20-24-56-57(50)66-59(52-38-49(61(6,7)8)39-53(58(52)68)62(9,10)11)67(56)55-30-29-47(64(15,16)63(12,13)14)37-51(55)43-21-18-17-19-22-43;/h17-32,34-40,68H,1-16H3;/q-1;/i40D;. The molecule has 69 heavy (non-hydrogen) atoms. The second-order valence-corrected chi connectivity index (χ2v) is 23.8. The molecule has 5 heteroatoms. The smallest absolute Gasteiger partial charge is 0.148 e. The number of benzene rings is 6. The van der Waals surface area contributed by atoms with Gasteiger partial charge in [0.05, 0.1) is 22.3 Å². The van der Waals surface area contributed by atoms with Crippen molar-refractivity contribution in [2.24, 2.45) is 5.41 Å². The summed E-state index contributed by atoms with van der Waals surface area (Å²) in [4.78, 5) is 10.7. The molecule has 0 bridgehead atoms. The maximum Gasteiger partial charge on any atom is 0.148 e. The van der Waals surface area contributed by atoms with Crippen LogP contribution in [0.4, 0.5) is 0 Å². The van der Waals surface area contributed by atoms with E-state index in [9.17, 15) is 5.11 Å². The first kappa shape index (κ1) is 49.8. The summed E-state index contributed by atoms with van der Waals surface area (Å²) in [6, 6.07) is 49.2. The van der Waals surface area contributed by atoms with Gasteiger partial charge in [-0.3, -0.25) is 9.55 Å². The summed E-state index contributed by atoms with van der Waals surface area (Å²) in [6.45, 7) is 35.4. The second kappa shape index (κ2) is 18.6. The maximum absolute atomic E-state index is 12.6. The Labute approximate surface area is 429 Å². The molecule has 8 rings (SSSR count). The molecule has 0 aliphatic carbocycles. The van der Waals surface area contributed by atoms with Crippen molar-refractivity contribution in [3.63, 3.8) is 0 Å². The van der Waals surface area contributed by atoms with Crippen LogP contribution < -0.4 is 0 Å². The van der Waals surface area contributed by atoms with Crippen molar-refractivity contribution in [3.05, 3.63) is 167 Å². The minimum Gasteiger partial charge on any atom is -0.507 e. The molecule has 1 N–H and O–H groups in total. The molecule has 0 radical (unpaired) electrons.